The summed E-state index contributed by atoms with van der Waals surface area (Å²) in [5, 5.41) is 0. The molecule has 1 aliphatic rings. The van der Waals surface area contributed by atoms with Crippen molar-refractivity contribution in [1.82, 2.24) is 4.90 Å². The third kappa shape index (κ3) is 4.64. The first kappa shape index (κ1) is 15.0. The van der Waals surface area contributed by atoms with E-state index < -0.39 is 0 Å². The number of benzene rings is 1. The summed E-state index contributed by atoms with van der Waals surface area (Å²) in [7, 11) is 0. The number of ether oxygens (including phenoxy) is 1. The van der Waals surface area contributed by atoms with Gasteiger partial charge in [0, 0.05) is 25.2 Å². The summed E-state index contributed by atoms with van der Waals surface area (Å²) in [4.78, 5) is 13.2. The summed E-state index contributed by atoms with van der Waals surface area (Å²) in [6.45, 7) is 8.91. The first-order valence-electron chi connectivity index (χ1n) is 7.57. The number of carbonyl (C=O) groups is 1. The Morgan fingerprint density at radius 2 is 2.05 bits per heavy atom. The van der Waals surface area contributed by atoms with E-state index in [1.165, 1.54) is 19.5 Å². The monoisotopic (exact) mass is 275 g/mol. The van der Waals surface area contributed by atoms with Crippen molar-refractivity contribution in [2.45, 2.75) is 26.7 Å². The third-order valence-electron chi connectivity index (χ3n) is 3.83. The molecule has 0 amide bonds. The van der Waals surface area contributed by atoms with Crippen LogP contribution in [0.2, 0.25) is 0 Å². The van der Waals surface area contributed by atoms with Crippen LogP contribution in [0.15, 0.2) is 24.3 Å². The van der Waals surface area contributed by atoms with E-state index >= 15 is 0 Å². The molecule has 3 heteroatoms. The normalized spacial score (nSPS) is 23.5. The van der Waals surface area contributed by atoms with Gasteiger partial charge in [0.1, 0.15) is 12.0 Å². The molecule has 3 nitrogen and oxygen atoms in total. The molecule has 2 rings (SSSR count). The molecule has 20 heavy (non-hydrogen) atoms. The van der Waals surface area contributed by atoms with Crippen molar-refractivity contribution in [1.29, 1.82) is 0 Å². The number of piperidine rings is 1. The quantitative estimate of drug-likeness (QED) is 0.589. The molecule has 1 aromatic carbocycles. The number of hydrogen-bond acceptors (Lipinski definition) is 3. The highest BCUT2D eigenvalue weighted by atomic mass is 16.5. The van der Waals surface area contributed by atoms with E-state index in [-0.39, 0.29) is 0 Å². The maximum absolute atomic E-state index is 10.7. The van der Waals surface area contributed by atoms with Crippen molar-refractivity contribution in [2.24, 2.45) is 11.8 Å². The molecular formula is C17H25NO2. The van der Waals surface area contributed by atoms with Gasteiger partial charge in [0.25, 0.3) is 0 Å². The Balaban J connectivity index is 1.69. The fourth-order valence-electron chi connectivity index (χ4n) is 3.13. The molecule has 0 saturated carbocycles. The molecule has 1 fully saturated rings. The lowest BCUT2D eigenvalue weighted by atomic mass is 9.92. The van der Waals surface area contributed by atoms with Crippen molar-refractivity contribution in [2.75, 3.05) is 26.2 Å². The van der Waals surface area contributed by atoms with Crippen LogP contribution < -0.4 is 4.74 Å². The minimum atomic E-state index is 0.668. The van der Waals surface area contributed by atoms with E-state index in [0.29, 0.717) is 12.2 Å². The molecule has 0 unspecified atom stereocenters. The fraction of sp³-hybridized carbons (Fsp3) is 0.588. The SMILES string of the molecule is C[C@@H]1C[C@H](C)CN(CCCOc2cccc(C=O)c2)C1. The van der Waals surface area contributed by atoms with Gasteiger partial charge in [-0.15, -0.1) is 0 Å². The van der Waals surface area contributed by atoms with Crippen molar-refractivity contribution < 1.29 is 9.53 Å². The van der Waals surface area contributed by atoms with Gasteiger partial charge in [-0.1, -0.05) is 26.0 Å². The van der Waals surface area contributed by atoms with Crippen LogP contribution in [0.3, 0.4) is 0 Å². The average Bonchev–Trinajstić information content (AvgIpc) is 2.43. The number of hydrogen-bond donors (Lipinski definition) is 0. The van der Waals surface area contributed by atoms with Gasteiger partial charge in [0.05, 0.1) is 6.61 Å². The lowest BCUT2D eigenvalue weighted by Crippen LogP contribution is -2.39. The van der Waals surface area contributed by atoms with Crippen molar-refractivity contribution in [3.05, 3.63) is 29.8 Å². The van der Waals surface area contributed by atoms with Crippen LogP contribution in [0.1, 0.15) is 37.0 Å². The Labute approximate surface area is 121 Å². The van der Waals surface area contributed by atoms with E-state index in [9.17, 15) is 4.79 Å². The van der Waals surface area contributed by atoms with E-state index in [4.69, 9.17) is 4.74 Å². The largest absolute Gasteiger partial charge is 0.494 e. The topological polar surface area (TPSA) is 29.5 Å². The highest BCUT2D eigenvalue weighted by Crippen LogP contribution is 2.21. The first-order valence-corrected chi connectivity index (χ1v) is 7.57. The van der Waals surface area contributed by atoms with Gasteiger partial charge in [-0.2, -0.15) is 0 Å². The van der Waals surface area contributed by atoms with Gasteiger partial charge < -0.3 is 9.64 Å². The zero-order valence-corrected chi connectivity index (χ0v) is 12.5. The molecule has 0 spiro atoms. The van der Waals surface area contributed by atoms with Crippen LogP contribution in [0.25, 0.3) is 0 Å². The van der Waals surface area contributed by atoms with Crippen molar-refractivity contribution in [3.63, 3.8) is 0 Å². The second-order valence-electron chi connectivity index (χ2n) is 6.10. The Hall–Kier alpha value is -1.35. The second-order valence-corrected chi connectivity index (χ2v) is 6.10. The Morgan fingerprint density at radius 3 is 2.75 bits per heavy atom. The van der Waals surface area contributed by atoms with Gasteiger partial charge in [-0.3, -0.25) is 4.79 Å². The van der Waals surface area contributed by atoms with Crippen molar-refractivity contribution in [3.8, 4) is 5.75 Å². The molecule has 1 heterocycles. The summed E-state index contributed by atoms with van der Waals surface area (Å²) in [5.74, 6) is 2.41. The molecule has 0 N–H and O–H groups in total. The molecule has 0 aliphatic carbocycles. The zero-order chi connectivity index (χ0) is 14.4. The maximum atomic E-state index is 10.7. The lowest BCUT2D eigenvalue weighted by Gasteiger charge is -2.34. The van der Waals surface area contributed by atoms with E-state index in [1.54, 1.807) is 12.1 Å². The summed E-state index contributed by atoms with van der Waals surface area (Å²) in [6.07, 6.45) is 3.24. The number of carbonyl (C=O) groups excluding carboxylic acids is 1. The van der Waals surface area contributed by atoms with Gasteiger partial charge in [-0.25, -0.2) is 0 Å². The zero-order valence-electron chi connectivity index (χ0n) is 12.5. The Bertz CT molecular complexity index is 423. The standard InChI is InChI=1S/C17H25NO2/c1-14-9-15(2)12-18(11-14)7-4-8-20-17-6-3-5-16(10-17)13-19/h3,5-6,10,13-15H,4,7-9,11-12H2,1-2H3/t14-,15+. The molecule has 2 atom stereocenters. The van der Waals surface area contributed by atoms with Crippen molar-refractivity contribution >= 4 is 6.29 Å². The van der Waals surface area contributed by atoms with Gasteiger partial charge >= 0.3 is 0 Å². The van der Waals surface area contributed by atoms with Gasteiger partial charge in [0.15, 0.2) is 0 Å². The molecule has 1 aromatic rings. The number of rotatable bonds is 6. The summed E-state index contributed by atoms with van der Waals surface area (Å²) < 4.78 is 5.71. The van der Waals surface area contributed by atoms with E-state index in [1.807, 2.05) is 12.1 Å². The van der Waals surface area contributed by atoms with E-state index in [0.717, 1.165) is 36.8 Å². The van der Waals surface area contributed by atoms with E-state index in [2.05, 4.69) is 18.7 Å². The lowest BCUT2D eigenvalue weighted by molar-refractivity contribution is 0.112. The summed E-state index contributed by atoms with van der Waals surface area (Å²) in [6, 6.07) is 7.33. The predicted octanol–water partition coefficient (Wildman–Crippen LogP) is 3.25. The van der Waals surface area contributed by atoms with Crippen LogP contribution in [-0.2, 0) is 0 Å². The molecule has 110 valence electrons. The number of nitrogens with zero attached hydrogens (tertiary/aromatic N) is 1. The van der Waals surface area contributed by atoms with Crippen LogP contribution >= 0.6 is 0 Å². The third-order valence-corrected chi connectivity index (χ3v) is 3.83. The fourth-order valence-corrected chi connectivity index (χ4v) is 3.13. The molecule has 0 radical (unpaired) electrons. The van der Waals surface area contributed by atoms with Gasteiger partial charge in [-0.05, 0) is 36.8 Å². The highest BCUT2D eigenvalue weighted by Gasteiger charge is 2.20. The number of likely N-dealkylation sites (tertiary alicyclic amines) is 1. The predicted molar refractivity (Wildman–Crippen MR) is 81.3 cm³/mol. The highest BCUT2D eigenvalue weighted by molar-refractivity contribution is 5.75. The Morgan fingerprint density at radius 1 is 1.30 bits per heavy atom. The summed E-state index contributed by atoms with van der Waals surface area (Å²) >= 11 is 0. The molecule has 0 bridgehead atoms. The van der Waals surface area contributed by atoms with Crippen LogP contribution in [0.5, 0.6) is 5.75 Å². The summed E-state index contributed by atoms with van der Waals surface area (Å²) in [5.41, 5.74) is 0.668. The van der Waals surface area contributed by atoms with Crippen LogP contribution in [0.4, 0.5) is 0 Å². The first-order chi connectivity index (χ1) is 9.67. The molecular weight excluding hydrogens is 250 g/mol. The molecule has 1 aliphatic heterocycles. The average molecular weight is 275 g/mol. The van der Waals surface area contributed by atoms with Crippen LogP contribution in [-0.4, -0.2) is 37.4 Å². The smallest absolute Gasteiger partial charge is 0.150 e. The maximum Gasteiger partial charge on any atom is 0.150 e. The van der Waals surface area contributed by atoms with Crippen LogP contribution in [0, 0.1) is 11.8 Å². The second kappa shape index (κ2) is 7.44. The minimum Gasteiger partial charge on any atom is -0.494 e. The molecule has 1 saturated heterocycles. The van der Waals surface area contributed by atoms with Gasteiger partial charge in [0.2, 0.25) is 0 Å². The number of aldehydes is 1. The molecule has 0 aromatic heterocycles. The Kier molecular flexibility index (Phi) is 5.60. The minimum absolute atomic E-state index is 0.668.